The molecule has 2 aromatic carbocycles. The van der Waals surface area contributed by atoms with Crippen molar-refractivity contribution in [3.05, 3.63) is 54.1 Å². The molecule has 25 heavy (non-hydrogen) atoms. The highest BCUT2D eigenvalue weighted by molar-refractivity contribution is 7.89. The Morgan fingerprint density at radius 3 is 2.16 bits per heavy atom. The zero-order valence-electron chi connectivity index (χ0n) is 14.4. The van der Waals surface area contributed by atoms with Crippen LogP contribution in [0.25, 0.3) is 0 Å². The van der Waals surface area contributed by atoms with Gasteiger partial charge >= 0.3 is 0 Å². The highest BCUT2D eigenvalue weighted by Crippen LogP contribution is 2.17. The highest BCUT2D eigenvalue weighted by atomic mass is 32.2. The van der Waals surface area contributed by atoms with Crippen molar-refractivity contribution < 1.29 is 17.9 Å². The largest absolute Gasteiger partial charge is 0.497 e. The summed E-state index contributed by atoms with van der Waals surface area (Å²) in [5.74, 6) is 0.538. The Hall–Kier alpha value is -2.38. The van der Waals surface area contributed by atoms with Crippen molar-refractivity contribution in [2.24, 2.45) is 0 Å². The van der Waals surface area contributed by atoms with E-state index in [9.17, 15) is 13.2 Å². The summed E-state index contributed by atoms with van der Waals surface area (Å²) in [6.07, 6.45) is 0. The van der Waals surface area contributed by atoms with Crippen LogP contribution in [-0.4, -0.2) is 28.0 Å². The molecule has 0 spiro atoms. The van der Waals surface area contributed by atoms with Crippen LogP contribution in [0.5, 0.6) is 5.75 Å². The van der Waals surface area contributed by atoms with Crippen molar-refractivity contribution in [1.29, 1.82) is 0 Å². The Kier molecular flexibility index (Phi) is 6.17. The zero-order chi connectivity index (χ0) is 18.4. The van der Waals surface area contributed by atoms with Gasteiger partial charge in [0.25, 0.3) is 0 Å². The van der Waals surface area contributed by atoms with E-state index in [0.29, 0.717) is 17.4 Å². The normalized spacial score (nSPS) is 11.4. The van der Waals surface area contributed by atoms with Crippen LogP contribution in [0.3, 0.4) is 0 Å². The zero-order valence-corrected chi connectivity index (χ0v) is 15.3. The van der Waals surface area contributed by atoms with E-state index in [2.05, 4.69) is 10.0 Å². The number of anilines is 1. The van der Waals surface area contributed by atoms with E-state index in [1.807, 2.05) is 13.8 Å². The van der Waals surface area contributed by atoms with Gasteiger partial charge in [-0.2, -0.15) is 0 Å². The molecule has 0 saturated carbocycles. The van der Waals surface area contributed by atoms with Crippen molar-refractivity contribution in [3.8, 4) is 5.75 Å². The lowest BCUT2D eigenvalue weighted by Gasteiger charge is -2.10. The topological polar surface area (TPSA) is 84.5 Å². The van der Waals surface area contributed by atoms with Crippen LogP contribution in [0.1, 0.15) is 25.3 Å². The van der Waals surface area contributed by atoms with E-state index in [1.165, 1.54) is 0 Å². The molecule has 2 aromatic rings. The molecule has 134 valence electrons. The molecular formula is C18H22N2O4S. The Balaban J connectivity index is 1.95. The SMILES string of the molecule is COc1ccc(NC(=O)CNS(=O)(=O)c2ccc(C(C)C)cc2)cc1. The predicted octanol–water partition coefficient (Wildman–Crippen LogP) is 2.74. The third-order valence-corrected chi connectivity index (χ3v) is 5.07. The summed E-state index contributed by atoms with van der Waals surface area (Å²) in [5.41, 5.74) is 1.61. The van der Waals surface area contributed by atoms with Gasteiger partial charge in [-0.25, -0.2) is 13.1 Å². The minimum atomic E-state index is -3.73. The second kappa shape index (κ2) is 8.13. The van der Waals surface area contributed by atoms with E-state index in [0.717, 1.165) is 5.56 Å². The van der Waals surface area contributed by atoms with Gasteiger partial charge in [0.15, 0.2) is 0 Å². The molecule has 1 amide bonds. The maximum Gasteiger partial charge on any atom is 0.241 e. The van der Waals surface area contributed by atoms with Gasteiger partial charge in [0.2, 0.25) is 15.9 Å². The van der Waals surface area contributed by atoms with Crippen LogP contribution in [-0.2, 0) is 14.8 Å². The second-order valence-electron chi connectivity index (χ2n) is 5.82. The number of amides is 1. The van der Waals surface area contributed by atoms with Crippen LogP contribution >= 0.6 is 0 Å². The van der Waals surface area contributed by atoms with Crippen molar-refractivity contribution in [1.82, 2.24) is 4.72 Å². The molecule has 2 rings (SSSR count). The number of rotatable bonds is 7. The molecule has 0 fully saturated rings. The van der Waals surface area contributed by atoms with E-state index in [-0.39, 0.29) is 11.4 Å². The first-order valence-corrected chi connectivity index (χ1v) is 9.33. The van der Waals surface area contributed by atoms with Gasteiger partial charge in [0.05, 0.1) is 18.6 Å². The molecule has 7 heteroatoms. The summed E-state index contributed by atoms with van der Waals surface area (Å²) in [6.45, 7) is 3.72. The third kappa shape index (κ3) is 5.30. The first kappa shape index (κ1) is 19.0. The van der Waals surface area contributed by atoms with Gasteiger partial charge in [0, 0.05) is 5.69 Å². The molecule has 0 aliphatic heterocycles. The Morgan fingerprint density at radius 1 is 1.04 bits per heavy atom. The molecule has 0 aliphatic rings. The first-order chi connectivity index (χ1) is 11.8. The molecule has 0 aromatic heterocycles. The van der Waals surface area contributed by atoms with E-state index >= 15 is 0 Å². The number of carbonyl (C=O) groups is 1. The van der Waals surface area contributed by atoms with E-state index in [4.69, 9.17) is 4.74 Å². The Morgan fingerprint density at radius 2 is 1.64 bits per heavy atom. The smallest absolute Gasteiger partial charge is 0.241 e. The lowest BCUT2D eigenvalue weighted by molar-refractivity contribution is -0.115. The number of hydrogen-bond acceptors (Lipinski definition) is 4. The second-order valence-corrected chi connectivity index (χ2v) is 7.59. The van der Waals surface area contributed by atoms with Gasteiger partial charge in [-0.05, 0) is 47.9 Å². The van der Waals surface area contributed by atoms with Crippen molar-refractivity contribution in [3.63, 3.8) is 0 Å². The van der Waals surface area contributed by atoms with Gasteiger partial charge in [-0.1, -0.05) is 26.0 Å². The Labute approximate surface area is 148 Å². The first-order valence-electron chi connectivity index (χ1n) is 7.85. The maximum absolute atomic E-state index is 12.2. The van der Waals surface area contributed by atoms with Crippen molar-refractivity contribution >= 4 is 21.6 Å². The van der Waals surface area contributed by atoms with Crippen LogP contribution < -0.4 is 14.8 Å². The predicted molar refractivity (Wildman–Crippen MR) is 97.3 cm³/mol. The Bertz CT molecular complexity index is 813. The standard InChI is InChI=1S/C18H22N2O4S/c1-13(2)14-4-10-17(11-5-14)25(22,23)19-12-18(21)20-15-6-8-16(24-3)9-7-15/h4-11,13,19H,12H2,1-3H3,(H,20,21). The number of sulfonamides is 1. The fourth-order valence-corrected chi connectivity index (χ4v) is 3.14. The number of hydrogen-bond donors (Lipinski definition) is 2. The summed E-state index contributed by atoms with van der Waals surface area (Å²) in [6, 6.07) is 13.4. The van der Waals surface area contributed by atoms with Crippen LogP contribution in [0.4, 0.5) is 5.69 Å². The van der Waals surface area contributed by atoms with Crippen LogP contribution in [0.2, 0.25) is 0 Å². The molecule has 0 radical (unpaired) electrons. The number of ether oxygens (including phenoxy) is 1. The number of benzene rings is 2. The number of carbonyl (C=O) groups excluding carboxylic acids is 1. The molecule has 6 nitrogen and oxygen atoms in total. The summed E-state index contributed by atoms with van der Waals surface area (Å²) in [7, 11) is -2.18. The van der Waals surface area contributed by atoms with E-state index in [1.54, 1.807) is 55.6 Å². The van der Waals surface area contributed by atoms with Crippen molar-refractivity contribution in [2.75, 3.05) is 19.0 Å². The molecule has 0 unspecified atom stereocenters. The van der Waals surface area contributed by atoms with Gasteiger partial charge in [-0.15, -0.1) is 0 Å². The lowest BCUT2D eigenvalue weighted by atomic mass is 10.0. The molecule has 0 heterocycles. The molecule has 0 aliphatic carbocycles. The van der Waals surface area contributed by atoms with Gasteiger partial charge in [-0.3, -0.25) is 4.79 Å². The minimum Gasteiger partial charge on any atom is -0.497 e. The lowest BCUT2D eigenvalue weighted by Crippen LogP contribution is -2.32. The fourth-order valence-electron chi connectivity index (χ4n) is 2.16. The molecule has 2 N–H and O–H groups in total. The van der Waals surface area contributed by atoms with Gasteiger partial charge in [0.1, 0.15) is 5.75 Å². The quantitative estimate of drug-likeness (QED) is 0.793. The number of methoxy groups -OCH3 is 1. The van der Waals surface area contributed by atoms with Gasteiger partial charge < -0.3 is 10.1 Å². The minimum absolute atomic E-state index is 0.133. The third-order valence-electron chi connectivity index (χ3n) is 3.65. The maximum atomic E-state index is 12.2. The fraction of sp³-hybridized carbons (Fsp3) is 0.278. The van der Waals surface area contributed by atoms with Crippen LogP contribution in [0.15, 0.2) is 53.4 Å². The van der Waals surface area contributed by atoms with Crippen LogP contribution in [0, 0.1) is 0 Å². The molecule has 0 bridgehead atoms. The monoisotopic (exact) mass is 362 g/mol. The highest BCUT2D eigenvalue weighted by Gasteiger charge is 2.15. The number of nitrogens with one attached hydrogen (secondary N) is 2. The molecule has 0 saturated heterocycles. The molecular weight excluding hydrogens is 340 g/mol. The average Bonchev–Trinajstić information content (AvgIpc) is 2.61. The van der Waals surface area contributed by atoms with E-state index < -0.39 is 15.9 Å². The summed E-state index contributed by atoms with van der Waals surface area (Å²) in [5, 5.41) is 2.62. The molecule has 0 atom stereocenters. The van der Waals surface area contributed by atoms with Crippen molar-refractivity contribution in [2.45, 2.75) is 24.7 Å². The summed E-state index contributed by atoms with van der Waals surface area (Å²) < 4.78 is 31.8. The average molecular weight is 362 g/mol. The summed E-state index contributed by atoms with van der Waals surface area (Å²) in [4.78, 5) is 12.1. The summed E-state index contributed by atoms with van der Waals surface area (Å²) >= 11 is 0.